The average molecular weight is 531 g/mol. The van der Waals surface area contributed by atoms with Crippen molar-refractivity contribution in [2.24, 2.45) is 5.92 Å². The Kier molecular flexibility index (Phi) is 7.37. The van der Waals surface area contributed by atoms with Gasteiger partial charge in [-0.25, -0.2) is 8.42 Å². The van der Waals surface area contributed by atoms with Gasteiger partial charge in [-0.2, -0.15) is 13.2 Å². The standard InChI is InChI=1S/C28H29F3N2O3S/c1-4-33-25-12-8-20(14-18(3)28(29,30)31)15-23(25)24-16-21(9-13-26(24)33)27(34)32-17-19-6-10-22(11-7-19)37(35,36)5-2/h6-13,15-16,18H,4-5,14,17H2,1-3H3,(H,32,34). The summed E-state index contributed by atoms with van der Waals surface area (Å²) in [5.41, 5.74) is 3.59. The molecule has 4 rings (SSSR count). The summed E-state index contributed by atoms with van der Waals surface area (Å²) >= 11 is 0. The number of rotatable bonds is 8. The van der Waals surface area contributed by atoms with Crippen molar-refractivity contribution in [3.8, 4) is 0 Å². The van der Waals surface area contributed by atoms with E-state index in [0.717, 1.165) is 27.4 Å². The number of sulfone groups is 1. The number of hydrogen-bond donors (Lipinski definition) is 1. The third-order valence-electron chi connectivity index (χ3n) is 6.72. The second-order valence-corrected chi connectivity index (χ2v) is 11.5. The summed E-state index contributed by atoms with van der Waals surface area (Å²) in [5.74, 6) is -1.74. The Balaban J connectivity index is 1.60. The Hall–Kier alpha value is -3.33. The fourth-order valence-corrected chi connectivity index (χ4v) is 5.38. The quantitative estimate of drug-likeness (QED) is 0.292. The highest BCUT2D eigenvalue weighted by molar-refractivity contribution is 7.91. The number of aromatic nitrogens is 1. The first-order chi connectivity index (χ1) is 17.4. The van der Waals surface area contributed by atoms with E-state index in [1.165, 1.54) is 19.1 Å². The van der Waals surface area contributed by atoms with E-state index in [1.807, 2.05) is 19.1 Å². The van der Waals surface area contributed by atoms with Gasteiger partial charge in [0.25, 0.3) is 5.91 Å². The van der Waals surface area contributed by atoms with Gasteiger partial charge in [-0.1, -0.05) is 32.0 Å². The van der Waals surface area contributed by atoms with Crippen LogP contribution >= 0.6 is 0 Å². The van der Waals surface area contributed by atoms with Crippen LogP contribution in [-0.4, -0.2) is 30.8 Å². The van der Waals surface area contributed by atoms with Gasteiger partial charge in [0.15, 0.2) is 9.84 Å². The molecule has 1 heterocycles. The van der Waals surface area contributed by atoms with Crippen LogP contribution in [0.15, 0.2) is 65.6 Å². The Morgan fingerprint density at radius 1 is 0.919 bits per heavy atom. The maximum Gasteiger partial charge on any atom is 0.391 e. The molecule has 0 saturated carbocycles. The van der Waals surface area contributed by atoms with Crippen LogP contribution in [0.25, 0.3) is 21.8 Å². The molecule has 0 bridgehead atoms. The fraction of sp³-hybridized carbons (Fsp3) is 0.321. The minimum atomic E-state index is -4.26. The maximum atomic E-state index is 13.1. The van der Waals surface area contributed by atoms with Gasteiger partial charge in [0.05, 0.1) is 16.6 Å². The van der Waals surface area contributed by atoms with Crippen LogP contribution in [0, 0.1) is 5.92 Å². The number of nitrogens with one attached hydrogen (secondary N) is 1. The lowest BCUT2D eigenvalue weighted by molar-refractivity contribution is -0.169. The van der Waals surface area contributed by atoms with Crippen LogP contribution in [-0.2, 0) is 29.3 Å². The highest BCUT2D eigenvalue weighted by Gasteiger charge is 2.35. The number of benzene rings is 3. The summed E-state index contributed by atoms with van der Waals surface area (Å²) in [7, 11) is -3.29. The molecule has 1 aromatic heterocycles. The molecule has 9 heteroatoms. The number of alkyl halides is 3. The minimum absolute atomic E-state index is 0.0167. The molecular weight excluding hydrogens is 501 g/mol. The molecule has 1 N–H and O–H groups in total. The van der Waals surface area contributed by atoms with E-state index in [-0.39, 0.29) is 29.5 Å². The molecule has 1 unspecified atom stereocenters. The van der Waals surface area contributed by atoms with Crippen molar-refractivity contribution in [3.63, 3.8) is 0 Å². The monoisotopic (exact) mass is 530 g/mol. The molecule has 1 atom stereocenters. The average Bonchev–Trinajstić information content (AvgIpc) is 3.19. The molecule has 0 radical (unpaired) electrons. The molecule has 0 fully saturated rings. The van der Waals surface area contributed by atoms with Gasteiger partial charge in [-0.05, 0) is 66.9 Å². The molecule has 0 aliphatic heterocycles. The zero-order valence-corrected chi connectivity index (χ0v) is 21.7. The Morgan fingerprint density at radius 3 is 2.11 bits per heavy atom. The molecule has 0 aliphatic rings. The Labute approximate surface area is 214 Å². The molecule has 196 valence electrons. The van der Waals surface area contributed by atoms with Crippen molar-refractivity contribution >= 4 is 37.6 Å². The summed E-state index contributed by atoms with van der Waals surface area (Å²) in [5, 5.41) is 4.47. The molecule has 0 spiro atoms. The normalized spacial score (nSPS) is 13.2. The molecular formula is C28H29F3N2O3S. The van der Waals surface area contributed by atoms with Crippen molar-refractivity contribution in [3.05, 3.63) is 77.4 Å². The number of hydrogen-bond acceptors (Lipinski definition) is 3. The van der Waals surface area contributed by atoms with Crippen LogP contribution in [0.4, 0.5) is 13.2 Å². The predicted molar refractivity (Wildman–Crippen MR) is 139 cm³/mol. The smallest absolute Gasteiger partial charge is 0.348 e. The molecule has 4 aromatic rings. The van der Waals surface area contributed by atoms with E-state index in [4.69, 9.17) is 0 Å². The summed E-state index contributed by atoms with van der Waals surface area (Å²) in [6.45, 7) is 5.66. The maximum absolute atomic E-state index is 13.1. The summed E-state index contributed by atoms with van der Waals surface area (Å²) in [6.07, 6.45) is -4.38. The van der Waals surface area contributed by atoms with Crippen LogP contribution in [0.1, 0.15) is 42.3 Å². The number of carbonyl (C=O) groups excluding carboxylic acids is 1. The number of halogens is 3. The first-order valence-corrected chi connectivity index (χ1v) is 13.8. The highest BCUT2D eigenvalue weighted by Crippen LogP contribution is 2.33. The lowest BCUT2D eigenvalue weighted by atomic mass is 9.98. The van der Waals surface area contributed by atoms with Crippen molar-refractivity contribution in [2.75, 3.05) is 5.75 Å². The summed E-state index contributed by atoms with van der Waals surface area (Å²) < 4.78 is 65.4. The van der Waals surface area contributed by atoms with E-state index in [2.05, 4.69) is 9.88 Å². The zero-order chi connectivity index (χ0) is 27.0. The largest absolute Gasteiger partial charge is 0.391 e. The SMILES string of the molecule is CCn1c2ccc(CC(C)C(F)(F)F)cc2c2cc(C(=O)NCc3ccc(S(=O)(=O)CC)cc3)ccc21. The van der Waals surface area contributed by atoms with Gasteiger partial charge >= 0.3 is 6.18 Å². The molecule has 0 saturated heterocycles. The van der Waals surface area contributed by atoms with Gasteiger partial charge in [-0.15, -0.1) is 0 Å². The molecule has 0 aliphatic carbocycles. The molecule has 37 heavy (non-hydrogen) atoms. The van der Waals surface area contributed by atoms with E-state index in [9.17, 15) is 26.4 Å². The number of nitrogens with zero attached hydrogens (tertiary/aromatic N) is 1. The van der Waals surface area contributed by atoms with Gasteiger partial charge in [-0.3, -0.25) is 4.79 Å². The van der Waals surface area contributed by atoms with Crippen molar-refractivity contribution in [2.45, 2.75) is 51.4 Å². The lowest BCUT2D eigenvalue weighted by Gasteiger charge is -2.15. The zero-order valence-electron chi connectivity index (χ0n) is 20.9. The number of carbonyl (C=O) groups is 1. The first-order valence-electron chi connectivity index (χ1n) is 12.2. The molecule has 1 amide bonds. The van der Waals surface area contributed by atoms with Crippen LogP contribution in [0.5, 0.6) is 0 Å². The fourth-order valence-electron chi connectivity index (χ4n) is 4.50. The minimum Gasteiger partial charge on any atom is -0.348 e. The molecule has 3 aromatic carbocycles. The van der Waals surface area contributed by atoms with Crippen molar-refractivity contribution in [1.29, 1.82) is 0 Å². The van der Waals surface area contributed by atoms with Gasteiger partial charge in [0.2, 0.25) is 0 Å². The van der Waals surface area contributed by atoms with Gasteiger partial charge in [0.1, 0.15) is 0 Å². The predicted octanol–water partition coefficient (Wildman–Crippen LogP) is 6.28. The van der Waals surface area contributed by atoms with Crippen LogP contribution in [0.3, 0.4) is 0 Å². The highest BCUT2D eigenvalue weighted by atomic mass is 32.2. The number of aryl methyl sites for hydroxylation is 1. The third-order valence-corrected chi connectivity index (χ3v) is 8.47. The second-order valence-electron chi connectivity index (χ2n) is 9.20. The Morgan fingerprint density at radius 2 is 1.51 bits per heavy atom. The topological polar surface area (TPSA) is 68.2 Å². The van der Waals surface area contributed by atoms with E-state index >= 15 is 0 Å². The van der Waals surface area contributed by atoms with E-state index in [1.54, 1.807) is 43.3 Å². The number of fused-ring (bicyclic) bond motifs is 3. The van der Waals surface area contributed by atoms with E-state index < -0.39 is 21.9 Å². The van der Waals surface area contributed by atoms with Crippen LogP contribution in [0.2, 0.25) is 0 Å². The Bertz CT molecular complexity index is 1560. The number of amides is 1. The second kappa shape index (κ2) is 10.2. The lowest BCUT2D eigenvalue weighted by Crippen LogP contribution is -2.22. The van der Waals surface area contributed by atoms with Crippen LogP contribution < -0.4 is 5.32 Å². The summed E-state index contributed by atoms with van der Waals surface area (Å²) in [6, 6.07) is 17.1. The van der Waals surface area contributed by atoms with Crippen molar-refractivity contribution < 1.29 is 26.4 Å². The van der Waals surface area contributed by atoms with E-state index in [0.29, 0.717) is 17.7 Å². The first kappa shape index (κ1) is 26.7. The molecule has 5 nitrogen and oxygen atoms in total. The van der Waals surface area contributed by atoms with Gasteiger partial charge in [0, 0.05) is 40.5 Å². The third kappa shape index (κ3) is 5.51. The van der Waals surface area contributed by atoms with Crippen molar-refractivity contribution in [1.82, 2.24) is 9.88 Å². The summed E-state index contributed by atoms with van der Waals surface area (Å²) in [4.78, 5) is 13.2. The van der Waals surface area contributed by atoms with Gasteiger partial charge < -0.3 is 9.88 Å².